The van der Waals surface area contributed by atoms with Gasteiger partial charge in [-0.25, -0.2) is 0 Å². The highest BCUT2D eigenvalue weighted by Gasteiger charge is 1.93. The van der Waals surface area contributed by atoms with Gasteiger partial charge in [-0.3, -0.25) is 0 Å². The molecule has 24 heavy (non-hydrogen) atoms. The quantitative estimate of drug-likeness (QED) is 0.479. The first-order valence-corrected chi connectivity index (χ1v) is 8.44. The molecule has 2 aromatic carbocycles. The van der Waals surface area contributed by atoms with Crippen molar-refractivity contribution in [1.82, 2.24) is 0 Å². The summed E-state index contributed by atoms with van der Waals surface area (Å²) in [4.78, 5) is 0. The third-order valence-electron chi connectivity index (χ3n) is 3.46. The molecule has 0 fully saturated rings. The van der Waals surface area contributed by atoms with E-state index in [2.05, 4.69) is 55.2 Å². The van der Waals surface area contributed by atoms with Gasteiger partial charge in [-0.1, -0.05) is 61.6 Å². The van der Waals surface area contributed by atoms with Crippen molar-refractivity contribution in [3.63, 3.8) is 0 Å². The Kier molecular flexibility index (Phi) is 7.44. The molecule has 0 aromatic heterocycles. The molecule has 0 saturated carbocycles. The van der Waals surface area contributed by atoms with Gasteiger partial charge in [0.25, 0.3) is 0 Å². The van der Waals surface area contributed by atoms with Crippen LogP contribution in [-0.4, -0.2) is 6.61 Å². The van der Waals surface area contributed by atoms with Gasteiger partial charge in [0.05, 0.1) is 0 Å². The van der Waals surface area contributed by atoms with E-state index >= 15 is 0 Å². The van der Waals surface area contributed by atoms with E-state index in [-0.39, 0.29) is 0 Å². The Morgan fingerprint density at radius 3 is 2.08 bits per heavy atom. The van der Waals surface area contributed by atoms with Crippen molar-refractivity contribution in [2.45, 2.75) is 26.7 Å². The molecule has 2 rings (SSSR count). The minimum atomic E-state index is 0.598. The topological polar surface area (TPSA) is 9.23 Å². The molecule has 0 N–H and O–H groups in total. The molecule has 2 aromatic rings. The molecular weight excluding hydrogens is 292 g/mol. The van der Waals surface area contributed by atoms with Crippen LogP contribution in [0.4, 0.5) is 0 Å². The average molecular weight is 316 g/mol. The van der Waals surface area contributed by atoms with Gasteiger partial charge < -0.3 is 4.74 Å². The maximum absolute atomic E-state index is 5.58. The smallest absolute Gasteiger partial charge is 0.119 e. The molecule has 0 spiro atoms. The highest BCUT2D eigenvalue weighted by Crippen LogP contribution is 2.12. The summed E-state index contributed by atoms with van der Waals surface area (Å²) in [5.74, 6) is 7.25. The predicted octanol–water partition coefficient (Wildman–Crippen LogP) is 5.85. The van der Waals surface area contributed by atoms with Gasteiger partial charge in [0.1, 0.15) is 12.4 Å². The Bertz CT molecular complexity index is 722. The predicted molar refractivity (Wildman–Crippen MR) is 103 cm³/mol. The molecule has 0 atom stereocenters. The molecule has 122 valence electrons. The summed E-state index contributed by atoms with van der Waals surface area (Å²) in [6.07, 6.45) is 10.6. The molecule has 0 radical (unpaired) electrons. The van der Waals surface area contributed by atoms with Crippen LogP contribution in [0.2, 0.25) is 0 Å². The summed E-state index contributed by atoms with van der Waals surface area (Å²) >= 11 is 0. The molecule has 0 aliphatic heterocycles. The Morgan fingerprint density at radius 2 is 1.50 bits per heavy atom. The second-order valence-corrected chi connectivity index (χ2v) is 5.47. The maximum Gasteiger partial charge on any atom is 0.119 e. The fourth-order valence-corrected chi connectivity index (χ4v) is 2.08. The molecule has 0 aliphatic rings. The lowest BCUT2D eigenvalue weighted by molar-refractivity contribution is 0.362. The van der Waals surface area contributed by atoms with Crippen molar-refractivity contribution in [1.29, 1.82) is 0 Å². The van der Waals surface area contributed by atoms with Crippen molar-refractivity contribution < 1.29 is 4.74 Å². The number of benzene rings is 2. The van der Waals surface area contributed by atoms with Crippen LogP contribution in [0.15, 0.2) is 66.8 Å². The summed E-state index contributed by atoms with van der Waals surface area (Å²) in [6.45, 7) is 4.76. The third-order valence-corrected chi connectivity index (χ3v) is 3.46. The van der Waals surface area contributed by atoms with Crippen LogP contribution in [0.1, 0.15) is 43.4 Å². The molecule has 1 heteroatoms. The number of unbranched alkanes of at least 4 members (excludes halogenated alkanes) is 1. The monoisotopic (exact) mass is 316 g/mol. The number of ether oxygens (including phenoxy) is 1. The minimum Gasteiger partial charge on any atom is -0.490 e. The Balaban J connectivity index is 1.96. The van der Waals surface area contributed by atoms with Crippen LogP contribution in [0.5, 0.6) is 5.75 Å². The Hall–Kier alpha value is -2.72. The van der Waals surface area contributed by atoms with E-state index in [1.54, 1.807) is 0 Å². The summed E-state index contributed by atoms with van der Waals surface area (Å²) in [5.41, 5.74) is 3.23. The molecule has 0 amide bonds. The maximum atomic E-state index is 5.58. The van der Waals surface area contributed by atoms with Crippen LogP contribution in [0.25, 0.3) is 6.08 Å². The lowest BCUT2D eigenvalue weighted by Gasteiger charge is -2.02. The fourth-order valence-electron chi connectivity index (χ4n) is 2.08. The SMILES string of the molecule is CC=CCOc1ccc(C#Cc2ccc(/C=C/CCC)cc2)cc1. The molecule has 0 heterocycles. The van der Waals surface area contributed by atoms with Crippen molar-refractivity contribution in [2.75, 3.05) is 6.61 Å². The molecule has 1 nitrogen and oxygen atoms in total. The molecule has 0 unspecified atom stereocenters. The van der Waals surface area contributed by atoms with Crippen molar-refractivity contribution in [3.05, 3.63) is 83.4 Å². The minimum absolute atomic E-state index is 0.598. The van der Waals surface area contributed by atoms with E-state index in [1.165, 1.54) is 12.0 Å². The van der Waals surface area contributed by atoms with E-state index < -0.39 is 0 Å². The van der Waals surface area contributed by atoms with E-state index in [0.29, 0.717) is 6.61 Å². The first-order valence-electron chi connectivity index (χ1n) is 8.44. The Labute approximate surface area is 145 Å². The lowest BCUT2D eigenvalue weighted by atomic mass is 10.1. The number of allylic oxidation sites excluding steroid dienone is 2. The van der Waals surface area contributed by atoms with E-state index in [4.69, 9.17) is 4.74 Å². The second-order valence-electron chi connectivity index (χ2n) is 5.47. The normalized spacial score (nSPS) is 10.8. The van der Waals surface area contributed by atoms with Gasteiger partial charge >= 0.3 is 0 Å². The van der Waals surface area contributed by atoms with Crippen LogP contribution < -0.4 is 4.74 Å². The van der Waals surface area contributed by atoms with Gasteiger partial charge in [-0.05, 0) is 55.3 Å². The van der Waals surface area contributed by atoms with Gasteiger partial charge in [0, 0.05) is 11.1 Å². The highest BCUT2D eigenvalue weighted by atomic mass is 16.5. The van der Waals surface area contributed by atoms with Crippen LogP contribution >= 0.6 is 0 Å². The zero-order valence-electron chi connectivity index (χ0n) is 14.5. The van der Waals surface area contributed by atoms with Gasteiger partial charge in [0.2, 0.25) is 0 Å². The van der Waals surface area contributed by atoms with Crippen molar-refractivity contribution >= 4 is 6.08 Å². The summed E-state index contributed by atoms with van der Waals surface area (Å²) < 4.78 is 5.58. The highest BCUT2D eigenvalue weighted by molar-refractivity contribution is 5.52. The third kappa shape index (κ3) is 6.18. The summed E-state index contributed by atoms with van der Waals surface area (Å²) in [5, 5.41) is 0. The largest absolute Gasteiger partial charge is 0.490 e. The molecule has 0 aliphatic carbocycles. The van der Waals surface area contributed by atoms with Crippen molar-refractivity contribution in [2.24, 2.45) is 0 Å². The summed E-state index contributed by atoms with van der Waals surface area (Å²) in [7, 11) is 0. The lowest BCUT2D eigenvalue weighted by Crippen LogP contribution is -1.92. The van der Waals surface area contributed by atoms with Gasteiger partial charge in [-0.15, -0.1) is 0 Å². The summed E-state index contributed by atoms with van der Waals surface area (Å²) in [6, 6.07) is 16.2. The van der Waals surface area contributed by atoms with Crippen LogP contribution in [0.3, 0.4) is 0 Å². The zero-order chi connectivity index (χ0) is 17.0. The first kappa shape index (κ1) is 17.6. The number of hydrogen-bond acceptors (Lipinski definition) is 1. The van der Waals surface area contributed by atoms with E-state index in [1.807, 2.05) is 43.3 Å². The fraction of sp³-hybridized carbons (Fsp3) is 0.217. The number of hydrogen-bond donors (Lipinski definition) is 0. The molecular formula is C23H24O. The standard InChI is InChI=1S/C23H24O/c1-3-5-7-8-20-9-11-21(12-10-20)13-14-22-15-17-23(18-16-22)24-19-6-4-2/h4,6-12,15-18H,3,5,19H2,1-2H3/b6-4?,8-7+. The van der Waals surface area contributed by atoms with E-state index in [0.717, 1.165) is 23.3 Å². The zero-order valence-corrected chi connectivity index (χ0v) is 14.5. The number of rotatable bonds is 6. The van der Waals surface area contributed by atoms with Gasteiger partial charge in [0.15, 0.2) is 0 Å². The Morgan fingerprint density at radius 1 is 0.875 bits per heavy atom. The van der Waals surface area contributed by atoms with Gasteiger partial charge in [-0.2, -0.15) is 0 Å². The van der Waals surface area contributed by atoms with Crippen LogP contribution in [0, 0.1) is 11.8 Å². The van der Waals surface area contributed by atoms with E-state index in [9.17, 15) is 0 Å². The molecule has 0 bridgehead atoms. The molecule has 0 saturated heterocycles. The van der Waals surface area contributed by atoms with Crippen LogP contribution in [-0.2, 0) is 0 Å². The van der Waals surface area contributed by atoms with Crippen molar-refractivity contribution in [3.8, 4) is 17.6 Å². The average Bonchev–Trinajstić information content (AvgIpc) is 2.63. The second kappa shape index (κ2) is 10.1. The first-order chi connectivity index (χ1) is 11.8.